The molecular formula is C16H15Cl2N3. The fourth-order valence-corrected chi connectivity index (χ4v) is 2.75. The maximum absolute atomic E-state index is 6.20. The number of rotatable bonds is 2. The van der Waals surface area contributed by atoms with Crippen molar-refractivity contribution in [2.24, 2.45) is 4.99 Å². The summed E-state index contributed by atoms with van der Waals surface area (Å²) in [4.78, 5) is 6.63. The molecule has 0 saturated carbocycles. The van der Waals surface area contributed by atoms with Crippen molar-refractivity contribution in [3.05, 3.63) is 58.1 Å². The van der Waals surface area contributed by atoms with E-state index in [1.165, 1.54) is 5.56 Å². The SMILES string of the molecule is Cc1ccc(N2CCN=C2Nc2c(Cl)cccc2Cl)cc1. The second kappa shape index (κ2) is 5.96. The van der Waals surface area contributed by atoms with Crippen LogP contribution >= 0.6 is 23.2 Å². The van der Waals surface area contributed by atoms with Gasteiger partial charge in [0.15, 0.2) is 0 Å². The monoisotopic (exact) mass is 319 g/mol. The van der Waals surface area contributed by atoms with Gasteiger partial charge in [-0.15, -0.1) is 0 Å². The van der Waals surface area contributed by atoms with Crippen molar-refractivity contribution in [2.75, 3.05) is 23.3 Å². The number of halogens is 2. The highest BCUT2D eigenvalue weighted by atomic mass is 35.5. The Morgan fingerprint density at radius 3 is 2.38 bits per heavy atom. The molecule has 0 aliphatic carbocycles. The minimum absolute atomic E-state index is 0.584. The molecule has 3 nitrogen and oxygen atoms in total. The van der Waals surface area contributed by atoms with Gasteiger partial charge in [-0.2, -0.15) is 0 Å². The summed E-state index contributed by atoms with van der Waals surface area (Å²) in [6, 6.07) is 13.8. The molecule has 108 valence electrons. The topological polar surface area (TPSA) is 27.6 Å². The Balaban J connectivity index is 1.86. The van der Waals surface area contributed by atoms with Crippen LogP contribution in [-0.2, 0) is 0 Å². The summed E-state index contributed by atoms with van der Waals surface area (Å²) in [6.45, 7) is 3.66. The number of nitrogens with one attached hydrogen (secondary N) is 1. The van der Waals surface area contributed by atoms with Crippen molar-refractivity contribution >= 4 is 40.5 Å². The molecule has 0 fully saturated rings. The molecule has 0 spiro atoms. The third-order valence-corrected chi connectivity index (χ3v) is 4.02. The lowest BCUT2D eigenvalue weighted by molar-refractivity contribution is 1.02. The number of para-hydroxylation sites is 1. The third kappa shape index (κ3) is 2.99. The van der Waals surface area contributed by atoms with Gasteiger partial charge in [0.25, 0.3) is 0 Å². The van der Waals surface area contributed by atoms with Crippen LogP contribution in [0.2, 0.25) is 10.0 Å². The molecule has 0 unspecified atom stereocenters. The zero-order valence-electron chi connectivity index (χ0n) is 11.6. The van der Waals surface area contributed by atoms with Crippen LogP contribution in [0.4, 0.5) is 11.4 Å². The molecule has 21 heavy (non-hydrogen) atoms. The Morgan fingerprint density at radius 2 is 1.71 bits per heavy atom. The molecule has 0 bridgehead atoms. The molecule has 1 aliphatic rings. The standard InChI is InChI=1S/C16H15Cl2N3/c1-11-5-7-12(8-6-11)21-10-9-19-16(21)20-15-13(17)3-2-4-14(15)18/h2-8H,9-10H2,1H3,(H,19,20). The van der Waals surface area contributed by atoms with E-state index in [4.69, 9.17) is 23.2 Å². The second-order valence-corrected chi connectivity index (χ2v) is 5.73. The Labute approximate surface area is 134 Å². The van der Waals surface area contributed by atoms with E-state index >= 15 is 0 Å². The van der Waals surface area contributed by atoms with E-state index in [0.29, 0.717) is 15.7 Å². The highest BCUT2D eigenvalue weighted by Crippen LogP contribution is 2.31. The first-order chi connectivity index (χ1) is 10.1. The molecule has 0 saturated heterocycles. The van der Waals surface area contributed by atoms with Gasteiger partial charge < -0.3 is 10.2 Å². The van der Waals surface area contributed by atoms with E-state index in [-0.39, 0.29) is 0 Å². The number of nitrogens with zero attached hydrogens (tertiary/aromatic N) is 2. The van der Waals surface area contributed by atoms with Crippen molar-refractivity contribution in [1.29, 1.82) is 0 Å². The summed E-state index contributed by atoms with van der Waals surface area (Å²) in [5.41, 5.74) is 3.03. The molecule has 2 aromatic carbocycles. The average molecular weight is 320 g/mol. The second-order valence-electron chi connectivity index (χ2n) is 4.91. The maximum atomic E-state index is 6.20. The van der Waals surface area contributed by atoms with Gasteiger partial charge in [-0.05, 0) is 31.2 Å². The number of guanidine groups is 1. The molecule has 0 radical (unpaired) electrons. The van der Waals surface area contributed by atoms with Crippen LogP contribution < -0.4 is 10.2 Å². The van der Waals surface area contributed by atoms with Crippen molar-refractivity contribution in [2.45, 2.75) is 6.92 Å². The highest BCUT2D eigenvalue weighted by Gasteiger charge is 2.20. The molecule has 0 atom stereocenters. The predicted molar refractivity (Wildman–Crippen MR) is 90.9 cm³/mol. The van der Waals surface area contributed by atoms with Crippen molar-refractivity contribution in [3.63, 3.8) is 0 Å². The van der Waals surface area contributed by atoms with Gasteiger partial charge in [-0.1, -0.05) is 47.0 Å². The zero-order valence-corrected chi connectivity index (χ0v) is 13.1. The lowest BCUT2D eigenvalue weighted by Crippen LogP contribution is -2.33. The van der Waals surface area contributed by atoms with Crippen molar-refractivity contribution < 1.29 is 0 Å². The molecule has 0 amide bonds. The Kier molecular flexibility index (Phi) is 4.04. The van der Waals surface area contributed by atoms with Gasteiger partial charge in [0.1, 0.15) is 0 Å². The molecular weight excluding hydrogens is 305 g/mol. The first-order valence-electron chi connectivity index (χ1n) is 6.75. The molecule has 2 aromatic rings. The molecule has 1 aliphatic heterocycles. The molecule has 1 heterocycles. The fourth-order valence-electron chi connectivity index (χ4n) is 2.26. The van der Waals surface area contributed by atoms with Gasteiger partial charge in [-0.25, -0.2) is 0 Å². The largest absolute Gasteiger partial charge is 0.323 e. The molecule has 5 heteroatoms. The highest BCUT2D eigenvalue weighted by molar-refractivity contribution is 6.40. The normalized spacial score (nSPS) is 14.2. The van der Waals surface area contributed by atoms with Crippen LogP contribution in [0.3, 0.4) is 0 Å². The predicted octanol–water partition coefficient (Wildman–Crippen LogP) is 4.59. The van der Waals surface area contributed by atoms with E-state index < -0.39 is 0 Å². The number of hydrogen-bond acceptors (Lipinski definition) is 3. The maximum Gasteiger partial charge on any atom is 0.203 e. The van der Waals surface area contributed by atoms with Gasteiger partial charge in [-0.3, -0.25) is 4.99 Å². The first-order valence-corrected chi connectivity index (χ1v) is 7.50. The van der Waals surface area contributed by atoms with Crippen LogP contribution in [0.25, 0.3) is 0 Å². The van der Waals surface area contributed by atoms with Crippen molar-refractivity contribution in [1.82, 2.24) is 0 Å². The summed E-state index contributed by atoms with van der Waals surface area (Å²) < 4.78 is 0. The van der Waals surface area contributed by atoms with Crippen LogP contribution in [-0.4, -0.2) is 19.0 Å². The van der Waals surface area contributed by atoms with Gasteiger partial charge in [0.05, 0.1) is 22.3 Å². The average Bonchev–Trinajstić information content (AvgIpc) is 2.92. The lowest BCUT2D eigenvalue weighted by Gasteiger charge is -2.22. The number of benzene rings is 2. The Bertz CT molecular complexity index is 660. The van der Waals surface area contributed by atoms with E-state index in [1.54, 1.807) is 0 Å². The zero-order chi connectivity index (χ0) is 14.8. The quantitative estimate of drug-likeness (QED) is 0.876. The first kappa shape index (κ1) is 14.2. The number of anilines is 2. The Morgan fingerprint density at radius 1 is 1.05 bits per heavy atom. The van der Waals surface area contributed by atoms with Crippen LogP contribution in [0, 0.1) is 6.92 Å². The van der Waals surface area contributed by atoms with Gasteiger partial charge in [0.2, 0.25) is 5.96 Å². The van der Waals surface area contributed by atoms with E-state index in [0.717, 1.165) is 24.7 Å². The van der Waals surface area contributed by atoms with Gasteiger partial charge in [0, 0.05) is 12.2 Å². The van der Waals surface area contributed by atoms with Crippen LogP contribution in [0.15, 0.2) is 47.5 Å². The summed E-state index contributed by atoms with van der Waals surface area (Å²) in [6.07, 6.45) is 0. The fraction of sp³-hybridized carbons (Fsp3) is 0.188. The summed E-state index contributed by atoms with van der Waals surface area (Å²) >= 11 is 12.4. The van der Waals surface area contributed by atoms with E-state index in [9.17, 15) is 0 Å². The van der Waals surface area contributed by atoms with Crippen LogP contribution in [0.5, 0.6) is 0 Å². The molecule has 0 aromatic heterocycles. The smallest absolute Gasteiger partial charge is 0.203 e. The van der Waals surface area contributed by atoms with E-state index in [2.05, 4.69) is 46.4 Å². The lowest BCUT2D eigenvalue weighted by atomic mass is 10.2. The Hall–Kier alpha value is -1.71. The molecule has 3 rings (SSSR count). The van der Waals surface area contributed by atoms with Crippen LogP contribution in [0.1, 0.15) is 5.56 Å². The minimum atomic E-state index is 0.584. The van der Waals surface area contributed by atoms with Gasteiger partial charge >= 0.3 is 0 Å². The van der Waals surface area contributed by atoms with E-state index in [1.807, 2.05) is 18.2 Å². The number of aliphatic imine (C=N–C) groups is 1. The third-order valence-electron chi connectivity index (χ3n) is 3.39. The summed E-state index contributed by atoms with van der Waals surface area (Å²) in [7, 11) is 0. The number of aryl methyl sites for hydroxylation is 1. The number of hydrogen-bond donors (Lipinski definition) is 1. The summed E-state index contributed by atoms with van der Waals surface area (Å²) in [5.74, 6) is 0.772. The summed E-state index contributed by atoms with van der Waals surface area (Å²) in [5, 5.41) is 4.42. The van der Waals surface area contributed by atoms with Crippen molar-refractivity contribution in [3.8, 4) is 0 Å². The molecule has 1 N–H and O–H groups in total. The minimum Gasteiger partial charge on any atom is -0.323 e.